The molecule has 9 heteroatoms. The van der Waals surface area contributed by atoms with Gasteiger partial charge in [0.25, 0.3) is 0 Å². The van der Waals surface area contributed by atoms with Crippen molar-refractivity contribution < 1.29 is 45.4 Å². The Morgan fingerprint density at radius 2 is 1.73 bits per heavy atom. The predicted molar refractivity (Wildman–Crippen MR) is 130 cm³/mol. The average Bonchev–Trinajstić information content (AvgIpc) is 3.13. The second kappa shape index (κ2) is 7.47. The Balaban J connectivity index is 1.38. The lowest BCUT2D eigenvalue weighted by Gasteiger charge is -2.62. The summed E-state index contributed by atoms with van der Waals surface area (Å²) in [6, 6.07) is -0.0397. The van der Waals surface area contributed by atoms with Crippen LogP contribution >= 0.6 is 0 Å². The lowest BCUT2D eigenvalue weighted by Crippen LogP contribution is -3.22. The quantitative estimate of drug-likeness (QED) is 0.192. The lowest BCUT2D eigenvalue weighted by molar-refractivity contribution is -0.954. The Labute approximate surface area is 218 Å². The molecule has 3 aliphatic heterocycles. The number of piperidine rings is 2. The highest BCUT2D eigenvalue weighted by atomic mass is 16.6. The zero-order valence-corrected chi connectivity index (χ0v) is 22.3. The van der Waals surface area contributed by atoms with Crippen molar-refractivity contribution in [3.8, 4) is 0 Å². The first-order chi connectivity index (χ1) is 17.3. The van der Waals surface area contributed by atoms with E-state index in [1.807, 2.05) is 0 Å². The molecule has 8 N–H and O–H groups in total. The molecule has 4 aliphatic carbocycles. The number of hydrogen-bond acceptors (Lipinski definition) is 8. The van der Waals surface area contributed by atoms with E-state index < -0.39 is 70.0 Å². The number of aliphatic hydroxyl groups is 7. The van der Waals surface area contributed by atoms with Gasteiger partial charge in [0.05, 0.1) is 43.6 Å². The first kappa shape index (κ1) is 25.6. The van der Waals surface area contributed by atoms with Gasteiger partial charge in [-0.1, -0.05) is 13.8 Å². The monoisotopic (exact) mass is 524 g/mol. The van der Waals surface area contributed by atoms with Crippen molar-refractivity contribution in [3.05, 3.63) is 0 Å². The molecular weight excluding hydrogens is 478 g/mol. The molecule has 3 heterocycles. The normalized spacial score (nSPS) is 67.9. The summed E-state index contributed by atoms with van der Waals surface area (Å²) in [4.78, 5) is 1.29. The molecule has 210 valence electrons. The summed E-state index contributed by atoms with van der Waals surface area (Å²) in [7, 11) is 0. The summed E-state index contributed by atoms with van der Waals surface area (Å²) in [5, 5.41) is 81.1. The molecular formula is C28H46NO8+. The van der Waals surface area contributed by atoms with Crippen molar-refractivity contribution in [3.63, 3.8) is 0 Å². The maximum Gasteiger partial charge on any atom is 0.121 e. The molecule has 3 saturated heterocycles. The van der Waals surface area contributed by atoms with E-state index in [9.17, 15) is 35.7 Å². The molecule has 7 fully saturated rings. The van der Waals surface area contributed by atoms with Crippen molar-refractivity contribution in [2.45, 2.75) is 112 Å². The minimum atomic E-state index is -1.81. The van der Waals surface area contributed by atoms with Crippen LogP contribution in [-0.2, 0) is 4.74 Å². The van der Waals surface area contributed by atoms with Gasteiger partial charge in [-0.15, -0.1) is 0 Å². The van der Waals surface area contributed by atoms with E-state index in [1.54, 1.807) is 6.92 Å². The fourth-order valence-corrected chi connectivity index (χ4v) is 12.1. The van der Waals surface area contributed by atoms with Crippen LogP contribution < -0.4 is 4.90 Å². The Morgan fingerprint density at radius 1 is 1.00 bits per heavy atom. The third-order valence-electron chi connectivity index (χ3n) is 13.5. The van der Waals surface area contributed by atoms with Gasteiger partial charge in [0.15, 0.2) is 0 Å². The van der Waals surface area contributed by atoms with E-state index in [0.29, 0.717) is 31.7 Å². The smallest absolute Gasteiger partial charge is 0.121 e. The van der Waals surface area contributed by atoms with Crippen molar-refractivity contribution in [2.24, 2.45) is 40.9 Å². The number of hydrogen-bond donors (Lipinski definition) is 8. The van der Waals surface area contributed by atoms with Gasteiger partial charge in [-0.3, -0.25) is 0 Å². The number of ether oxygens (including phenoxy) is 1. The molecule has 9 nitrogen and oxygen atoms in total. The summed E-state index contributed by atoms with van der Waals surface area (Å²) >= 11 is 0. The van der Waals surface area contributed by atoms with Crippen LogP contribution in [0.15, 0.2) is 0 Å². The number of quaternary nitrogens is 1. The summed E-state index contributed by atoms with van der Waals surface area (Å²) in [6.45, 7) is 7.36. The van der Waals surface area contributed by atoms with Crippen LogP contribution in [0.25, 0.3) is 0 Å². The van der Waals surface area contributed by atoms with Gasteiger partial charge in [-0.25, -0.2) is 0 Å². The van der Waals surface area contributed by atoms with Crippen LogP contribution in [0.2, 0.25) is 0 Å². The maximum absolute atomic E-state index is 12.6. The summed E-state index contributed by atoms with van der Waals surface area (Å²) in [5.41, 5.74) is -5.81. The van der Waals surface area contributed by atoms with Crippen molar-refractivity contribution in [1.82, 2.24) is 0 Å². The Morgan fingerprint density at radius 3 is 2.43 bits per heavy atom. The average molecular weight is 525 g/mol. The van der Waals surface area contributed by atoms with Gasteiger partial charge in [0, 0.05) is 47.3 Å². The van der Waals surface area contributed by atoms with E-state index in [4.69, 9.17) is 4.74 Å². The van der Waals surface area contributed by atoms with Gasteiger partial charge in [0.2, 0.25) is 0 Å². The maximum atomic E-state index is 12.6. The van der Waals surface area contributed by atoms with Gasteiger partial charge < -0.3 is 45.4 Å². The highest BCUT2D eigenvalue weighted by molar-refractivity contribution is 5.34. The van der Waals surface area contributed by atoms with E-state index >= 15 is 0 Å². The second-order valence-corrected chi connectivity index (χ2v) is 14.8. The molecule has 0 amide bonds. The van der Waals surface area contributed by atoms with E-state index in [1.165, 1.54) is 4.90 Å². The predicted octanol–water partition coefficient (Wildman–Crippen LogP) is -2.19. The summed E-state index contributed by atoms with van der Waals surface area (Å²) < 4.78 is 6.86. The molecule has 7 rings (SSSR count). The number of aliphatic hydroxyl groups excluding tert-OH is 5. The minimum absolute atomic E-state index is 0.0397. The van der Waals surface area contributed by atoms with Crippen molar-refractivity contribution in [1.29, 1.82) is 0 Å². The molecule has 0 aromatic carbocycles. The van der Waals surface area contributed by atoms with Crippen LogP contribution in [0, 0.1) is 40.9 Å². The Kier molecular flexibility index (Phi) is 5.17. The Bertz CT molecular complexity index is 980. The minimum Gasteiger partial charge on any atom is -0.393 e. The molecule has 0 radical (unpaired) electrons. The van der Waals surface area contributed by atoms with Crippen molar-refractivity contribution >= 4 is 0 Å². The highest BCUT2D eigenvalue weighted by Gasteiger charge is 2.86. The third kappa shape index (κ3) is 2.64. The third-order valence-corrected chi connectivity index (χ3v) is 13.5. The van der Waals surface area contributed by atoms with Crippen LogP contribution in [0.5, 0.6) is 0 Å². The van der Waals surface area contributed by atoms with Crippen molar-refractivity contribution in [2.75, 3.05) is 19.7 Å². The first-order valence-electron chi connectivity index (χ1n) is 14.6. The summed E-state index contributed by atoms with van der Waals surface area (Å²) in [5.74, 6) is -2.02. The SMILES string of the molecule is C[C@H]1CC[C@@H]2[NH+](C1)C[C@@H]1[C@H]([C@@H](O)[C@H](O)[C@]3(O)[C@H]1C[C@@]14O[C@@]5(CO)[C@@H](C[C@@H](O)[C@@H]31)[C@]4(C)CC[C@@H]5O)[C@]2(C)O. The van der Waals surface area contributed by atoms with Crippen LogP contribution in [-0.4, -0.2) is 108 Å². The van der Waals surface area contributed by atoms with Gasteiger partial charge in [-0.2, -0.15) is 0 Å². The number of rotatable bonds is 1. The molecule has 4 bridgehead atoms. The standard InChI is InChI=1S/C28H45NO8/c1-13-4-5-18-25(3,35)20-14(11-29(18)10-13)15-9-27-22(28(15,36)23(34)21(20)33)16(31)8-17-24(27,2)7-6-19(32)26(17,12-30)37-27/h13-23,30-36H,4-12H2,1-3H3/p+1/t13-,14-,15-,16+,17-,18-,19-,20+,21+,22+,23-,24-,25+,26-,27+,28-/m0/s1. The van der Waals surface area contributed by atoms with Crippen LogP contribution in [0.1, 0.15) is 59.3 Å². The fraction of sp³-hybridized carbons (Fsp3) is 1.00. The highest BCUT2D eigenvalue weighted by Crippen LogP contribution is 2.77. The van der Waals surface area contributed by atoms with Crippen LogP contribution in [0.3, 0.4) is 0 Å². The summed E-state index contributed by atoms with van der Waals surface area (Å²) in [6.07, 6.45) is -1.19. The molecule has 0 aromatic rings. The Hall–Kier alpha value is -0.360. The molecule has 4 saturated carbocycles. The zero-order valence-electron chi connectivity index (χ0n) is 22.3. The van der Waals surface area contributed by atoms with Gasteiger partial charge in [-0.05, 0) is 39.0 Å². The topological polar surface area (TPSA) is 155 Å². The van der Waals surface area contributed by atoms with E-state index in [2.05, 4.69) is 13.8 Å². The molecule has 17 atom stereocenters. The zero-order chi connectivity index (χ0) is 26.5. The number of fused-ring (bicyclic) bond motifs is 5. The van der Waals surface area contributed by atoms with Gasteiger partial charge >= 0.3 is 0 Å². The van der Waals surface area contributed by atoms with Gasteiger partial charge in [0.1, 0.15) is 28.9 Å². The largest absolute Gasteiger partial charge is 0.393 e. The van der Waals surface area contributed by atoms with E-state index in [0.717, 1.165) is 19.4 Å². The lowest BCUT2D eigenvalue weighted by atomic mass is 9.48. The van der Waals surface area contributed by atoms with Crippen LogP contribution in [0.4, 0.5) is 0 Å². The fourth-order valence-electron chi connectivity index (χ4n) is 12.1. The van der Waals surface area contributed by atoms with E-state index in [-0.39, 0.29) is 30.9 Å². The molecule has 0 aromatic heterocycles. The first-order valence-corrected chi connectivity index (χ1v) is 14.6. The second-order valence-electron chi connectivity index (χ2n) is 14.8. The molecule has 7 aliphatic rings. The number of nitrogens with one attached hydrogen (secondary N) is 1. The molecule has 1 spiro atoms. The molecule has 37 heavy (non-hydrogen) atoms. The molecule has 1 unspecified atom stereocenters.